The van der Waals surface area contributed by atoms with Gasteiger partial charge in [0.15, 0.2) is 0 Å². The van der Waals surface area contributed by atoms with E-state index in [9.17, 15) is 0 Å². The Bertz CT molecular complexity index is 4300. The molecule has 3 heteroatoms. The second-order valence-electron chi connectivity index (χ2n) is 29.2. The van der Waals surface area contributed by atoms with Crippen molar-refractivity contribution in [2.24, 2.45) is 0 Å². The molecule has 3 nitrogen and oxygen atoms in total. The third kappa shape index (κ3) is 13.8. The first-order chi connectivity index (χ1) is 47.9. The molecule has 0 unspecified atom stereocenters. The summed E-state index contributed by atoms with van der Waals surface area (Å²) < 4.78 is 13.1. The van der Waals surface area contributed by atoms with E-state index in [0.717, 1.165) is 55.3 Å². The van der Waals surface area contributed by atoms with E-state index in [0.29, 0.717) is 0 Å². The van der Waals surface area contributed by atoms with Gasteiger partial charge in [0, 0.05) is 43.7 Å². The molecule has 0 saturated heterocycles. The topological polar surface area (TPSA) is 38.3 Å². The van der Waals surface area contributed by atoms with E-state index < -0.39 is 0 Å². The minimum atomic E-state index is 0.0450. The molecular weight excluding hydrogens is 1180 g/mol. The van der Waals surface area contributed by atoms with Crippen LogP contribution in [0.3, 0.4) is 0 Å². The molecule has 0 amide bonds. The van der Waals surface area contributed by atoms with Gasteiger partial charge in [-0.3, -0.25) is 0 Å². The van der Waals surface area contributed by atoms with Gasteiger partial charge in [-0.2, -0.15) is 0 Å². The van der Waals surface area contributed by atoms with E-state index in [1.165, 1.54) is 247 Å². The summed E-state index contributed by atoms with van der Waals surface area (Å²) in [6, 6.07) is 78.4. The summed E-state index contributed by atoms with van der Waals surface area (Å²) in [5.41, 5.74) is 27.6. The molecule has 12 aromatic rings. The average molecular weight is 1280 g/mol. The van der Waals surface area contributed by atoms with Gasteiger partial charge in [-0.1, -0.05) is 303 Å². The highest BCUT2D eigenvalue weighted by molar-refractivity contribution is 6.09. The van der Waals surface area contributed by atoms with Gasteiger partial charge in [0.05, 0.1) is 0 Å². The number of benzene rings is 10. The molecule has 2 aromatic heterocycles. The highest BCUT2D eigenvalue weighted by Crippen LogP contribution is 2.57. The van der Waals surface area contributed by atoms with Gasteiger partial charge in [-0.25, -0.2) is 0 Å². The maximum Gasteiger partial charge on any atom is 0.135 e. The first-order valence-corrected chi connectivity index (χ1v) is 38.3. The molecule has 1 N–H and O–H groups in total. The van der Waals surface area contributed by atoms with Crippen molar-refractivity contribution < 1.29 is 8.83 Å². The number of hydrogen-bond donors (Lipinski definition) is 1. The predicted octanol–water partition coefficient (Wildman–Crippen LogP) is 29.4. The Morgan fingerprint density at radius 2 is 0.495 bits per heavy atom. The maximum absolute atomic E-state index is 6.56. The number of furan rings is 2. The molecular formula is C94H103NO2. The second kappa shape index (κ2) is 30.6. The van der Waals surface area contributed by atoms with Crippen LogP contribution in [0.25, 0.3) is 111 Å². The van der Waals surface area contributed by atoms with Crippen LogP contribution in [-0.2, 0) is 10.8 Å². The van der Waals surface area contributed by atoms with Crippen molar-refractivity contribution in [3.05, 3.63) is 229 Å². The van der Waals surface area contributed by atoms with E-state index in [-0.39, 0.29) is 10.8 Å². The van der Waals surface area contributed by atoms with Crippen LogP contribution in [0, 0.1) is 0 Å². The highest BCUT2D eigenvalue weighted by atomic mass is 16.3. The number of hydrogen-bond acceptors (Lipinski definition) is 3. The largest absolute Gasteiger partial charge is 0.456 e. The second-order valence-corrected chi connectivity index (χ2v) is 29.2. The van der Waals surface area contributed by atoms with Crippen LogP contribution in [0.1, 0.15) is 230 Å². The van der Waals surface area contributed by atoms with E-state index in [4.69, 9.17) is 8.83 Å². The lowest BCUT2D eigenvalue weighted by atomic mass is 9.70. The lowest BCUT2D eigenvalue weighted by Crippen LogP contribution is -2.25. The van der Waals surface area contributed by atoms with E-state index in [1.54, 1.807) is 22.3 Å². The fourth-order valence-corrected chi connectivity index (χ4v) is 17.4. The van der Waals surface area contributed by atoms with Crippen molar-refractivity contribution in [1.29, 1.82) is 0 Å². The molecule has 0 saturated carbocycles. The molecule has 97 heavy (non-hydrogen) atoms. The van der Waals surface area contributed by atoms with Crippen LogP contribution in [-0.4, -0.2) is 0 Å². The Balaban J connectivity index is 0.678. The van der Waals surface area contributed by atoms with Crippen LogP contribution in [0.15, 0.2) is 215 Å². The lowest BCUT2D eigenvalue weighted by molar-refractivity contribution is 0.398. The Hall–Kier alpha value is -8.40. The Morgan fingerprint density at radius 1 is 0.237 bits per heavy atom. The first kappa shape index (κ1) is 65.9. The van der Waals surface area contributed by atoms with Crippen molar-refractivity contribution >= 4 is 55.3 Å². The average Bonchev–Trinajstić information content (AvgIpc) is 1.58. The quantitative estimate of drug-likeness (QED) is 0.0409. The molecule has 0 aliphatic heterocycles. The smallest absolute Gasteiger partial charge is 0.135 e. The van der Waals surface area contributed by atoms with Gasteiger partial charge in [0.2, 0.25) is 0 Å². The molecule has 0 fully saturated rings. The van der Waals surface area contributed by atoms with Gasteiger partial charge in [-0.05, 0) is 200 Å². The van der Waals surface area contributed by atoms with E-state index in [2.05, 4.69) is 239 Å². The molecule has 14 rings (SSSR count). The van der Waals surface area contributed by atoms with E-state index >= 15 is 0 Å². The number of fused-ring (bicyclic) bond motifs is 12. The number of unbranched alkanes of at least 4 members (excludes halogenated alkanes) is 20. The van der Waals surface area contributed by atoms with Gasteiger partial charge >= 0.3 is 0 Å². The molecule has 0 spiro atoms. The SMILES string of the molecule is CCCCCCCCC1(CCCCCCCC)c2ccccc2-c2ccc(-c3ccc4oc5ccc(-c6ccc(Nc7ccc(-c8ccc9oc%10ccc(-c%11ccc%12c(c%11)C(CCCCCCCC)(CCCCCCCC)c%11ccccc%11-%12)cc%10c9c8)cc7)cc6)cc5c4c3)cc21. The summed E-state index contributed by atoms with van der Waals surface area (Å²) in [6.07, 6.45) is 36.6. The number of rotatable bonds is 34. The zero-order valence-electron chi connectivity index (χ0n) is 58.7. The Morgan fingerprint density at radius 3 is 0.825 bits per heavy atom. The molecule has 0 radical (unpaired) electrons. The van der Waals surface area contributed by atoms with E-state index in [1.807, 2.05) is 0 Å². The van der Waals surface area contributed by atoms with Crippen LogP contribution in [0.5, 0.6) is 0 Å². The van der Waals surface area contributed by atoms with Crippen LogP contribution >= 0.6 is 0 Å². The fourth-order valence-electron chi connectivity index (χ4n) is 17.4. The summed E-state index contributed by atoms with van der Waals surface area (Å²) in [5.74, 6) is 0. The van der Waals surface area contributed by atoms with Crippen LogP contribution < -0.4 is 5.32 Å². The fraction of sp³-hybridized carbons (Fsp3) is 0.362. The number of anilines is 2. The van der Waals surface area contributed by atoms with Crippen molar-refractivity contribution in [3.8, 4) is 66.8 Å². The normalized spacial score (nSPS) is 13.4. The summed E-state index contributed by atoms with van der Waals surface area (Å²) in [5, 5.41) is 8.32. The molecule has 2 aliphatic carbocycles. The molecule has 0 bridgehead atoms. The zero-order valence-corrected chi connectivity index (χ0v) is 58.7. The van der Waals surface area contributed by atoms with Crippen molar-refractivity contribution in [3.63, 3.8) is 0 Å². The Labute approximate surface area is 579 Å². The molecule has 10 aromatic carbocycles. The minimum absolute atomic E-state index is 0.0450. The molecule has 2 aliphatic rings. The predicted molar refractivity (Wildman–Crippen MR) is 417 cm³/mol. The first-order valence-electron chi connectivity index (χ1n) is 38.3. The third-order valence-electron chi connectivity index (χ3n) is 22.7. The molecule has 496 valence electrons. The number of nitrogens with one attached hydrogen (secondary N) is 1. The molecule has 2 heterocycles. The standard InChI is InChI=1S/C94H103NO2/c1-5-9-13-17-21-29-57-93(58-30-22-18-14-10-6-2)85-35-27-25-33-77(85)79-51-41-73(65-87(79)93)71-45-55-91-83(63-71)81-61-69(43-53-89(81)96-91)67-37-47-75(48-38-67)95-76-49-39-68(40-50-76)70-44-54-90-82(62-70)84-64-72(46-56-92(84)97-90)74-42-52-80-78-34-26-28-36-86(78)94(88(80)66-74,59-31-23-19-15-11-7-3)60-32-24-20-16-12-8-4/h25-28,33-56,61-66,95H,5-24,29-32,57-60H2,1-4H3. The van der Waals surface area contributed by atoms with Gasteiger partial charge in [0.25, 0.3) is 0 Å². The van der Waals surface area contributed by atoms with Gasteiger partial charge in [0.1, 0.15) is 22.3 Å². The highest BCUT2D eigenvalue weighted by Gasteiger charge is 2.44. The monoisotopic (exact) mass is 1280 g/mol. The molecule has 0 atom stereocenters. The minimum Gasteiger partial charge on any atom is -0.456 e. The van der Waals surface area contributed by atoms with Crippen molar-refractivity contribution in [2.45, 2.75) is 218 Å². The van der Waals surface area contributed by atoms with Gasteiger partial charge in [-0.15, -0.1) is 0 Å². The summed E-state index contributed by atoms with van der Waals surface area (Å²) in [4.78, 5) is 0. The van der Waals surface area contributed by atoms with Crippen molar-refractivity contribution in [1.82, 2.24) is 0 Å². The maximum atomic E-state index is 6.56. The zero-order chi connectivity index (χ0) is 66.0. The van der Waals surface area contributed by atoms with Crippen molar-refractivity contribution in [2.75, 3.05) is 5.32 Å². The summed E-state index contributed by atoms with van der Waals surface area (Å²) in [7, 11) is 0. The van der Waals surface area contributed by atoms with Crippen LogP contribution in [0.4, 0.5) is 11.4 Å². The summed E-state index contributed by atoms with van der Waals surface area (Å²) >= 11 is 0. The summed E-state index contributed by atoms with van der Waals surface area (Å²) in [6.45, 7) is 9.28. The lowest BCUT2D eigenvalue weighted by Gasteiger charge is -2.33. The Kier molecular flexibility index (Phi) is 20.8. The van der Waals surface area contributed by atoms with Gasteiger partial charge < -0.3 is 14.2 Å². The van der Waals surface area contributed by atoms with Crippen LogP contribution in [0.2, 0.25) is 0 Å². The third-order valence-corrected chi connectivity index (χ3v) is 22.7.